The smallest absolute Gasteiger partial charge is 0.256 e. The van der Waals surface area contributed by atoms with Crippen LogP contribution in [0.3, 0.4) is 0 Å². The number of para-hydroxylation sites is 2. The lowest BCUT2D eigenvalue weighted by Crippen LogP contribution is -2.41. The fraction of sp³-hybridized carbons (Fsp3) is 0.348. The molecule has 0 spiro atoms. The average molecular weight is 407 g/mol. The molecule has 0 aliphatic carbocycles. The number of anilines is 2. The van der Waals surface area contributed by atoms with E-state index in [1.807, 2.05) is 31.2 Å². The van der Waals surface area contributed by atoms with Gasteiger partial charge in [-0.25, -0.2) is 0 Å². The Bertz CT molecular complexity index is 968. The molecule has 3 amide bonds. The summed E-state index contributed by atoms with van der Waals surface area (Å²) in [5, 5.41) is 2.88. The molecule has 7 heteroatoms. The van der Waals surface area contributed by atoms with Gasteiger partial charge in [0.05, 0.1) is 30.4 Å². The number of ether oxygens (including phenoxy) is 1. The van der Waals surface area contributed by atoms with Crippen molar-refractivity contribution in [2.75, 3.05) is 43.1 Å². The Hall–Kier alpha value is -3.19. The van der Waals surface area contributed by atoms with Crippen LogP contribution in [0.2, 0.25) is 0 Å². The maximum atomic E-state index is 12.9. The van der Waals surface area contributed by atoms with E-state index in [0.717, 1.165) is 11.3 Å². The van der Waals surface area contributed by atoms with E-state index in [1.165, 1.54) is 0 Å². The van der Waals surface area contributed by atoms with E-state index in [-0.39, 0.29) is 24.1 Å². The summed E-state index contributed by atoms with van der Waals surface area (Å²) < 4.78 is 5.31. The lowest BCUT2D eigenvalue weighted by molar-refractivity contribution is -0.122. The quantitative estimate of drug-likeness (QED) is 0.845. The van der Waals surface area contributed by atoms with E-state index in [9.17, 15) is 14.4 Å². The van der Waals surface area contributed by atoms with Crippen molar-refractivity contribution < 1.29 is 19.1 Å². The molecule has 1 atom stereocenters. The van der Waals surface area contributed by atoms with Crippen molar-refractivity contribution in [3.63, 3.8) is 0 Å². The van der Waals surface area contributed by atoms with Gasteiger partial charge < -0.3 is 19.9 Å². The first-order valence-corrected chi connectivity index (χ1v) is 10.2. The molecule has 1 unspecified atom stereocenters. The second kappa shape index (κ2) is 8.67. The number of rotatable bonds is 4. The number of amides is 3. The van der Waals surface area contributed by atoms with Crippen molar-refractivity contribution >= 4 is 29.1 Å². The Labute approximate surface area is 175 Å². The van der Waals surface area contributed by atoms with E-state index in [4.69, 9.17) is 4.74 Å². The monoisotopic (exact) mass is 407 g/mol. The molecule has 4 rings (SSSR count). The van der Waals surface area contributed by atoms with E-state index in [0.29, 0.717) is 44.1 Å². The van der Waals surface area contributed by atoms with Crippen LogP contribution >= 0.6 is 0 Å². The van der Waals surface area contributed by atoms with Crippen LogP contribution in [0, 0.1) is 12.8 Å². The molecule has 2 aliphatic heterocycles. The van der Waals surface area contributed by atoms with Gasteiger partial charge in [-0.05, 0) is 30.7 Å². The molecule has 2 aromatic carbocycles. The van der Waals surface area contributed by atoms with Crippen molar-refractivity contribution in [3.05, 3.63) is 59.7 Å². The molecule has 0 bridgehead atoms. The van der Waals surface area contributed by atoms with Gasteiger partial charge in [0, 0.05) is 31.7 Å². The average Bonchev–Trinajstić information content (AvgIpc) is 3.16. The molecule has 2 aliphatic rings. The topological polar surface area (TPSA) is 79.0 Å². The first kappa shape index (κ1) is 20.1. The highest BCUT2D eigenvalue weighted by Crippen LogP contribution is 2.29. The van der Waals surface area contributed by atoms with Gasteiger partial charge in [0.15, 0.2) is 0 Å². The van der Waals surface area contributed by atoms with Crippen molar-refractivity contribution in [3.8, 4) is 0 Å². The minimum atomic E-state index is -0.469. The van der Waals surface area contributed by atoms with Gasteiger partial charge in [0.2, 0.25) is 11.8 Å². The summed E-state index contributed by atoms with van der Waals surface area (Å²) >= 11 is 0. The highest BCUT2D eigenvalue weighted by Gasteiger charge is 2.36. The van der Waals surface area contributed by atoms with E-state index in [2.05, 4.69) is 5.32 Å². The molecule has 2 aromatic rings. The molecule has 2 saturated heterocycles. The number of nitrogens with zero attached hydrogens (tertiary/aromatic N) is 2. The Morgan fingerprint density at radius 3 is 2.50 bits per heavy atom. The number of carbonyl (C=O) groups is 3. The van der Waals surface area contributed by atoms with Crippen molar-refractivity contribution in [2.45, 2.75) is 13.3 Å². The fourth-order valence-electron chi connectivity index (χ4n) is 3.93. The highest BCUT2D eigenvalue weighted by atomic mass is 16.5. The molecule has 0 radical (unpaired) electrons. The Morgan fingerprint density at radius 2 is 1.73 bits per heavy atom. The zero-order valence-corrected chi connectivity index (χ0v) is 17.0. The summed E-state index contributed by atoms with van der Waals surface area (Å²) in [6.07, 6.45) is 0.153. The second-order valence-corrected chi connectivity index (χ2v) is 7.63. The number of carbonyl (C=O) groups excluding carboxylic acids is 3. The summed E-state index contributed by atoms with van der Waals surface area (Å²) in [5.41, 5.74) is 2.75. The van der Waals surface area contributed by atoms with Crippen molar-refractivity contribution in [1.29, 1.82) is 0 Å². The molecular formula is C23H25N3O4. The van der Waals surface area contributed by atoms with Crippen LogP contribution in [-0.4, -0.2) is 55.5 Å². The third kappa shape index (κ3) is 4.07. The number of aryl methyl sites for hydroxylation is 1. The molecule has 1 N–H and O–H groups in total. The molecule has 0 saturated carbocycles. The van der Waals surface area contributed by atoms with Crippen LogP contribution in [0.15, 0.2) is 48.5 Å². The maximum Gasteiger partial charge on any atom is 0.256 e. The van der Waals surface area contributed by atoms with Crippen LogP contribution in [-0.2, 0) is 14.3 Å². The molecule has 2 fully saturated rings. The van der Waals surface area contributed by atoms with Crippen LogP contribution < -0.4 is 10.2 Å². The molecule has 30 heavy (non-hydrogen) atoms. The normalized spacial score (nSPS) is 19.1. The lowest BCUT2D eigenvalue weighted by atomic mass is 10.1. The van der Waals surface area contributed by atoms with Crippen LogP contribution in [0.25, 0.3) is 0 Å². The Kier molecular flexibility index (Phi) is 5.81. The Morgan fingerprint density at radius 1 is 1.03 bits per heavy atom. The van der Waals surface area contributed by atoms with Gasteiger partial charge in [-0.1, -0.05) is 30.3 Å². The van der Waals surface area contributed by atoms with Gasteiger partial charge in [0.1, 0.15) is 0 Å². The van der Waals surface area contributed by atoms with Crippen LogP contribution in [0.5, 0.6) is 0 Å². The molecule has 2 heterocycles. The van der Waals surface area contributed by atoms with Crippen LogP contribution in [0.4, 0.5) is 11.4 Å². The van der Waals surface area contributed by atoms with Gasteiger partial charge in [-0.2, -0.15) is 0 Å². The van der Waals surface area contributed by atoms with E-state index in [1.54, 1.807) is 34.1 Å². The Balaban J connectivity index is 1.48. The predicted molar refractivity (Wildman–Crippen MR) is 113 cm³/mol. The summed E-state index contributed by atoms with van der Waals surface area (Å²) in [6.45, 7) is 4.37. The lowest BCUT2D eigenvalue weighted by Gasteiger charge is -2.27. The SMILES string of the molecule is Cc1ccccc1N1CC(C(=O)Nc2ccccc2C(=O)N2CCOCC2)CC1=O. The standard InChI is InChI=1S/C23H25N3O4/c1-16-6-2-5-9-20(16)26-15-17(14-21(26)27)22(28)24-19-8-4-3-7-18(19)23(29)25-10-12-30-13-11-25/h2-9,17H,10-15H2,1H3,(H,24,28). The van der Waals surface area contributed by atoms with Gasteiger partial charge in [0.25, 0.3) is 5.91 Å². The third-order valence-corrected chi connectivity index (χ3v) is 5.62. The first-order valence-electron chi connectivity index (χ1n) is 10.2. The molecule has 0 aromatic heterocycles. The number of hydrogen-bond acceptors (Lipinski definition) is 4. The number of nitrogens with one attached hydrogen (secondary N) is 1. The van der Waals surface area contributed by atoms with Crippen LogP contribution in [0.1, 0.15) is 22.3 Å². The zero-order chi connectivity index (χ0) is 21.1. The number of morpholine rings is 1. The maximum absolute atomic E-state index is 12.9. The van der Waals surface area contributed by atoms with Crippen molar-refractivity contribution in [1.82, 2.24) is 4.90 Å². The second-order valence-electron chi connectivity index (χ2n) is 7.63. The molecular weight excluding hydrogens is 382 g/mol. The van der Waals surface area contributed by atoms with Crippen molar-refractivity contribution in [2.24, 2.45) is 5.92 Å². The summed E-state index contributed by atoms with van der Waals surface area (Å²) in [6, 6.07) is 14.7. The minimum absolute atomic E-state index is 0.0675. The molecule has 156 valence electrons. The first-order chi connectivity index (χ1) is 14.5. The largest absolute Gasteiger partial charge is 0.378 e. The summed E-state index contributed by atoms with van der Waals surface area (Å²) in [4.78, 5) is 41.8. The third-order valence-electron chi connectivity index (χ3n) is 5.62. The fourth-order valence-corrected chi connectivity index (χ4v) is 3.93. The van der Waals surface area contributed by atoms with Gasteiger partial charge in [-0.3, -0.25) is 14.4 Å². The number of benzene rings is 2. The van der Waals surface area contributed by atoms with Gasteiger partial charge >= 0.3 is 0 Å². The van der Waals surface area contributed by atoms with E-state index < -0.39 is 5.92 Å². The summed E-state index contributed by atoms with van der Waals surface area (Å²) in [5.74, 6) is -0.911. The zero-order valence-electron chi connectivity index (χ0n) is 17.0. The van der Waals surface area contributed by atoms with Gasteiger partial charge in [-0.15, -0.1) is 0 Å². The highest BCUT2D eigenvalue weighted by molar-refractivity contribution is 6.07. The van der Waals surface area contributed by atoms with E-state index >= 15 is 0 Å². The molecule has 7 nitrogen and oxygen atoms in total. The predicted octanol–water partition coefficient (Wildman–Crippen LogP) is 2.46. The minimum Gasteiger partial charge on any atom is -0.378 e. The number of hydrogen-bond donors (Lipinski definition) is 1. The summed E-state index contributed by atoms with van der Waals surface area (Å²) in [7, 11) is 0.